The predicted molar refractivity (Wildman–Crippen MR) is 55.4 cm³/mol. The van der Waals surface area contributed by atoms with Crippen LogP contribution in [0.25, 0.3) is 0 Å². The molecule has 0 aliphatic carbocycles. The minimum Gasteiger partial charge on any atom is -0.497 e. The molecule has 0 saturated heterocycles. The second kappa shape index (κ2) is 5.27. The van der Waals surface area contributed by atoms with Crippen molar-refractivity contribution < 1.29 is 9.53 Å². The van der Waals surface area contributed by atoms with E-state index in [4.69, 9.17) is 4.74 Å². The monoisotopic (exact) mass is 193 g/mol. The molecule has 1 aromatic rings. The van der Waals surface area contributed by atoms with Gasteiger partial charge in [0, 0.05) is 6.04 Å². The van der Waals surface area contributed by atoms with Crippen LogP contribution in [0.15, 0.2) is 24.3 Å². The lowest BCUT2D eigenvalue weighted by molar-refractivity contribution is -0.110. The van der Waals surface area contributed by atoms with Gasteiger partial charge in [-0.05, 0) is 31.0 Å². The highest BCUT2D eigenvalue weighted by Crippen LogP contribution is 2.12. The van der Waals surface area contributed by atoms with Crippen LogP contribution in [0.5, 0.6) is 5.75 Å². The lowest BCUT2D eigenvalue weighted by Crippen LogP contribution is -2.26. The quantitative estimate of drug-likeness (QED) is 0.717. The molecule has 3 heteroatoms. The highest BCUT2D eigenvalue weighted by molar-refractivity contribution is 5.46. The van der Waals surface area contributed by atoms with Crippen LogP contribution < -0.4 is 10.1 Å². The Kier molecular flexibility index (Phi) is 3.98. The Labute approximate surface area is 84.1 Å². The molecular weight excluding hydrogens is 178 g/mol. The Morgan fingerprint density at radius 2 is 2.07 bits per heavy atom. The average Bonchev–Trinajstić information content (AvgIpc) is 2.19. The Balaban J connectivity index is 2.54. The maximum Gasteiger partial charge on any atom is 0.207 e. The van der Waals surface area contributed by atoms with Gasteiger partial charge in [-0.15, -0.1) is 0 Å². The van der Waals surface area contributed by atoms with Gasteiger partial charge >= 0.3 is 0 Å². The first-order valence-electron chi connectivity index (χ1n) is 4.59. The number of carbonyl (C=O) groups excluding carboxylic acids is 1. The van der Waals surface area contributed by atoms with Gasteiger partial charge in [0.2, 0.25) is 6.41 Å². The van der Waals surface area contributed by atoms with Crippen molar-refractivity contribution in [2.24, 2.45) is 0 Å². The fourth-order valence-electron chi connectivity index (χ4n) is 1.29. The molecule has 1 rings (SSSR count). The number of rotatable bonds is 5. The SMILES string of the molecule is COc1ccc(C[C@@H](C)NC=O)cc1. The highest BCUT2D eigenvalue weighted by atomic mass is 16.5. The van der Waals surface area contributed by atoms with Gasteiger partial charge in [0.25, 0.3) is 0 Å². The maximum atomic E-state index is 10.2. The number of methoxy groups -OCH3 is 1. The van der Waals surface area contributed by atoms with E-state index in [1.165, 1.54) is 5.56 Å². The summed E-state index contributed by atoms with van der Waals surface area (Å²) in [6.07, 6.45) is 1.57. The summed E-state index contributed by atoms with van der Waals surface area (Å²) in [5.74, 6) is 0.852. The van der Waals surface area contributed by atoms with Gasteiger partial charge in [0.1, 0.15) is 5.75 Å². The van der Waals surface area contributed by atoms with Gasteiger partial charge in [-0.1, -0.05) is 12.1 Å². The smallest absolute Gasteiger partial charge is 0.207 e. The van der Waals surface area contributed by atoms with E-state index in [1.807, 2.05) is 31.2 Å². The minimum absolute atomic E-state index is 0.167. The molecule has 0 spiro atoms. The molecule has 1 N–H and O–H groups in total. The average molecular weight is 193 g/mol. The maximum absolute atomic E-state index is 10.2. The molecule has 1 amide bonds. The summed E-state index contributed by atoms with van der Waals surface area (Å²) in [6, 6.07) is 8.01. The van der Waals surface area contributed by atoms with Crippen molar-refractivity contribution in [1.29, 1.82) is 0 Å². The van der Waals surface area contributed by atoms with Crippen LogP contribution in [0.1, 0.15) is 12.5 Å². The van der Waals surface area contributed by atoms with Crippen LogP contribution in [0, 0.1) is 0 Å². The zero-order chi connectivity index (χ0) is 10.4. The number of nitrogens with one attached hydrogen (secondary N) is 1. The van der Waals surface area contributed by atoms with Crippen LogP contribution in [-0.2, 0) is 11.2 Å². The van der Waals surface area contributed by atoms with Crippen molar-refractivity contribution in [2.45, 2.75) is 19.4 Å². The summed E-state index contributed by atoms with van der Waals surface area (Å²) < 4.78 is 5.05. The van der Waals surface area contributed by atoms with E-state index in [1.54, 1.807) is 7.11 Å². The zero-order valence-electron chi connectivity index (χ0n) is 8.49. The van der Waals surface area contributed by atoms with Crippen molar-refractivity contribution in [1.82, 2.24) is 5.32 Å². The van der Waals surface area contributed by atoms with Gasteiger partial charge < -0.3 is 10.1 Å². The van der Waals surface area contributed by atoms with Crippen LogP contribution in [0.2, 0.25) is 0 Å². The third-order valence-corrected chi connectivity index (χ3v) is 2.05. The third kappa shape index (κ3) is 3.09. The van der Waals surface area contributed by atoms with Crippen LogP contribution in [-0.4, -0.2) is 19.6 Å². The second-order valence-electron chi connectivity index (χ2n) is 3.24. The Morgan fingerprint density at radius 3 is 2.57 bits per heavy atom. The molecule has 0 aliphatic heterocycles. The molecule has 0 saturated carbocycles. The Bertz CT molecular complexity index is 282. The van der Waals surface area contributed by atoms with Gasteiger partial charge in [0.15, 0.2) is 0 Å². The lowest BCUT2D eigenvalue weighted by atomic mass is 10.1. The zero-order valence-corrected chi connectivity index (χ0v) is 8.49. The van der Waals surface area contributed by atoms with Gasteiger partial charge in [0.05, 0.1) is 7.11 Å². The largest absolute Gasteiger partial charge is 0.497 e. The number of ether oxygens (including phenoxy) is 1. The molecule has 0 radical (unpaired) electrons. The van der Waals surface area contributed by atoms with Crippen molar-refractivity contribution >= 4 is 6.41 Å². The summed E-state index contributed by atoms with van der Waals surface area (Å²) in [5.41, 5.74) is 1.19. The van der Waals surface area contributed by atoms with E-state index in [0.717, 1.165) is 18.6 Å². The van der Waals surface area contributed by atoms with E-state index in [-0.39, 0.29) is 6.04 Å². The molecule has 3 nitrogen and oxygen atoms in total. The first kappa shape index (κ1) is 10.6. The molecule has 0 fully saturated rings. The van der Waals surface area contributed by atoms with E-state index in [0.29, 0.717) is 0 Å². The number of amides is 1. The van der Waals surface area contributed by atoms with E-state index >= 15 is 0 Å². The molecule has 1 aromatic carbocycles. The standard InChI is InChI=1S/C11H15NO2/c1-9(12-8-13)7-10-3-5-11(14-2)6-4-10/h3-6,8-9H,7H2,1-2H3,(H,12,13)/t9-/m1/s1. The van der Waals surface area contributed by atoms with E-state index in [9.17, 15) is 4.79 Å². The van der Waals surface area contributed by atoms with E-state index in [2.05, 4.69) is 5.32 Å². The van der Waals surface area contributed by atoms with Crippen molar-refractivity contribution in [2.75, 3.05) is 7.11 Å². The van der Waals surface area contributed by atoms with Crippen LogP contribution in [0.4, 0.5) is 0 Å². The normalized spacial score (nSPS) is 11.9. The molecule has 0 unspecified atom stereocenters. The van der Waals surface area contributed by atoms with Crippen LogP contribution in [0.3, 0.4) is 0 Å². The number of hydrogen-bond acceptors (Lipinski definition) is 2. The summed E-state index contributed by atoms with van der Waals surface area (Å²) >= 11 is 0. The second-order valence-corrected chi connectivity index (χ2v) is 3.24. The summed E-state index contributed by atoms with van der Waals surface area (Å²) in [4.78, 5) is 10.2. The molecule has 76 valence electrons. The number of carbonyl (C=O) groups is 1. The third-order valence-electron chi connectivity index (χ3n) is 2.05. The van der Waals surface area contributed by atoms with Gasteiger partial charge in [-0.2, -0.15) is 0 Å². The van der Waals surface area contributed by atoms with Crippen molar-refractivity contribution in [3.8, 4) is 5.75 Å². The van der Waals surface area contributed by atoms with Gasteiger partial charge in [-0.3, -0.25) is 4.79 Å². The van der Waals surface area contributed by atoms with Crippen molar-refractivity contribution in [3.05, 3.63) is 29.8 Å². The molecule has 1 atom stereocenters. The summed E-state index contributed by atoms with van der Waals surface area (Å²) in [5, 5.41) is 2.71. The molecule has 0 aliphatic rings. The number of benzene rings is 1. The lowest BCUT2D eigenvalue weighted by Gasteiger charge is -2.10. The summed E-state index contributed by atoms with van der Waals surface area (Å²) in [7, 11) is 1.64. The molecular formula is C11H15NO2. The highest BCUT2D eigenvalue weighted by Gasteiger charge is 2.01. The molecule has 14 heavy (non-hydrogen) atoms. The molecule has 0 heterocycles. The summed E-state index contributed by atoms with van der Waals surface area (Å²) in [6.45, 7) is 1.97. The molecule has 0 aromatic heterocycles. The topological polar surface area (TPSA) is 38.3 Å². The Morgan fingerprint density at radius 1 is 1.43 bits per heavy atom. The fraction of sp³-hybridized carbons (Fsp3) is 0.364. The predicted octanol–water partition coefficient (Wildman–Crippen LogP) is 1.37. The van der Waals surface area contributed by atoms with Crippen LogP contribution >= 0.6 is 0 Å². The Hall–Kier alpha value is -1.51. The first-order chi connectivity index (χ1) is 6.76. The van der Waals surface area contributed by atoms with Crippen molar-refractivity contribution in [3.63, 3.8) is 0 Å². The minimum atomic E-state index is 0.167. The van der Waals surface area contributed by atoms with E-state index < -0.39 is 0 Å². The molecule has 0 bridgehead atoms. The van der Waals surface area contributed by atoms with Gasteiger partial charge in [-0.25, -0.2) is 0 Å². The number of hydrogen-bond donors (Lipinski definition) is 1. The first-order valence-corrected chi connectivity index (χ1v) is 4.59. The fourth-order valence-corrected chi connectivity index (χ4v) is 1.29.